The van der Waals surface area contributed by atoms with Gasteiger partial charge in [-0.05, 0) is 27.7 Å². The van der Waals surface area contributed by atoms with Gasteiger partial charge in [-0.25, -0.2) is 0 Å². The molecular weight excluding hydrogens is 518 g/mol. The van der Waals surface area contributed by atoms with E-state index in [0.29, 0.717) is 11.1 Å². The van der Waals surface area contributed by atoms with Crippen molar-refractivity contribution in [3.8, 4) is 0 Å². The number of benzene rings is 2. The van der Waals surface area contributed by atoms with Crippen molar-refractivity contribution in [3.63, 3.8) is 0 Å². The topological polar surface area (TPSA) is 107 Å². The average Bonchev–Trinajstić information content (AvgIpc) is 2.89. The lowest BCUT2D eigenvalue weighted by Gasteiger charge is -2.33. The Bertz CT molecular complexity index is 975. The standard InChI is InChI=1S/C26H38O9P2/c1-5-32-36(28,33-6-2)21-19-30-26(24-17-13-10-14-18-24,25(27)23-15-11-9-12-16-23)31-20-22-37(29,34-7-3)35-8-4/h9-18H,5-8,19-22H2,1-4H3. The van der Waals surface area contributed by atoms with E-state index in [4.69, 9.17) is 27.6 Å². The molecule has 2 aromatic carbocycles. The first-order valence-electron chi connectivity index (χ1n) is 12.5. The minimum absolute atomic E-state index is 0.0922. The highest BCUT2D eigenvalue weighted by Crippen LogP contribution is 2.49. The van der Waals surface area contributed by atoms with Gasteiger partial charge >= 0.3 is 15.2 Å². The maximum Gasteiger partial charge on any atom is 0.332 e. The molecule has 0 atom stereocenters. The van der Waals surface area contributed by atoms with Gasteiger partial charge in [0.25, 0.3) is 5.79 Å². The zero-order chi connectivity index (χ0) is 27.2. The summed E-state index contributed by atoms with van der Waals surface area (Å²) in [5, 5.41) is 0. The zero-order valence-corrected chi connectivity index (χ0v) is 23.8. The van der Waals surface area contributed by atoms with Crippen molar-refractivity contribution in [2.75, 3.05) is 52.0 Å². The molecule has 0 radical (unpaired) electrons. The molecule has 2 aromatic rings. The van der Waals surface area contributed by atoms with Gasteiger partial charge in [-0.15, -0.1) is 0 Å². The predicted octanol–water partition coefficient (Wildman–Crippen LogP) is 6.29. The van der Waals surface area contributed by atoms with Crippen LogP contribution in [0, 0.1) is 0 Å². The summed E-state index contributed by atoms with van der Waals surface area (Å²) in [6.07, 6.45) is -0.184. The third kappa shape index (κ3) is 9.24. The van der Waals surface area contributed by atoms with Crippen LogP contribution in [0.4, 0.5) is 0 Å². The van der Waals surface area contributed by atoms with E-state index < -0.39 is 26.8 Å². The van der Waals surface area contributed by atoms with Crippen molar-refractivity contribution >= 4 is 21.0 Å². The summed E-state index contributed by atoms with van der Waals surface area (Å²) in [6.45, 7) is 7.34. The molecule has 0 fully saturated rings. The number of ketones is 1. The van der Waals surface area contributed by atoms with Crippen LogP contribution in [-0.2, 0) is 42.5 Å². The molecule has 0 saturated heterocycles. The van der Waals surface area contributed by atoms with E-state index in [1.807, 2.05) is 0 Å². The van der Waals surface area contributed by atoms with E-state index in [9.17, 15) is 13.9 Å². The lowest BCUT2D eigenvalue weighted by molar-refractivity contribution is -0.204. The minimum atomic E-state index is -3.45. The maximum absolute atomic E-state index is 14.0. The molecule has 2 rings (SSSR count). The van der Waals surface area contributed by atoms with Gasteiger partial charge in [0.1, 0.15) is 0 Å². The quantitative estimate of drug-likeness (QED) is 0.112. The number of carbonyl (C=O) groups excluding carboxylic acids is 1. The fourth-order valence-corrected chi connectivity index (χ4v) is 6.50. The summed E-state index contributed by atoms with van der Waals surface area (Å²) in [5.41, 5.74) is 0.774. The number of hydrogen-bond acceptors (Lipinski definition) is 9. The van der Waals surface area contributed by atoms with Crippen LogP contribution < -0.4 is 0 Å². The Labute approximate surface area is 219 Å². The summed E-state index contributed by atoms with van der Waals surface area (Å²) in [4.78, 5) is 14.0. The van der Waals surface area contributed by atoms with Gasteiger partial charge < -0.3 is 27.6 Å². The summed E-state index contributed by atoms with van der Waals surface area (Å²) < 4.78 is 59.9. The van der Waals surface area contributed by atoms with Gasteiger partial charge in [-0.1, -0.05) is 60.7 Å². The third-order valence-corrected chi connectivity index (χ3v) is 9.20. The molecule has 0 spiro atoms. The van der Waals surface area contributed by atoms with Crippen LogP contribution in [0.3, 0.4) is 0 Å². The second-order valence-electron chi connectivity index (χ2n) is 7.71. The molecule has 0 aliphatic heterocycles. The van der Waals surface area contributed by atoms with Crippen LogP contribution in [0.25, 0.3) is 0 Å². The SMILES string of the molecule is CCOP(=O)(CCOC(OCCP(=O)(OCC)OCC)(C(=O)c1ccccc1)c1ccccc1)OCC. The van der Waals surface area contributed by atoms with Crippen molar-refractivity contribution in [2.24, 2.45) is 0 Å². The van der Waals surface area contributed by atoms with Crippen LogP contribution in [0.5, 0.6) is 0 Å². The van der Waals surface area contributed by atoms with Crippen molar-refractivity contribution in [1.82, 2.24) is 0 Å². The maximum atomic E-state index is 14.0. The largest absolute Gasteiger partial charge is 0.339 e. The predicted molar refractivity (Wildman–Crippen MR) is 142 cm³/mol. The minimum Gasteiger partial charge on any atom is -0.339 e. The number of carbonyl (C=O) groups is 1. The molecular formula is C26H38O9P2. The number of hydrogen-bond donors (Lipinski definition) is 0. The van der Waals surface area contributed by atoms with Crippen LogP contribution in [0.15, 0.2) is 60.7 Å². The first kappa shape index (κ1) is 31.5. The molecule has 0 N–H and O–H groups in total. The van der Waals surface area contributed by atoms with Crippen molar-refractivity contribution in [1.29, 1.82) is 0 Å². The molecule has 37 heavy (non-hydrogen) atoms. The summed E-state index contributed by atoms with van der Waals surface area (Å²) >= 11 is 0. The van der Waals surface area contributed by atoms with Crippen molar-refractivity contribution < 1.29 is 41.5 Å². The van der Waals surface area contributed by atoms with Gasteiger partial charge in [0.15, 0.2) is 0 Å². The van der Waals surface area contributed by atoms with E-state index in [2.05, 4.69) is 0 Å². The molecule has 0 saturated carbocycles. The third-order valence-electron chi connectivity index (χ3n) is 5.13. The van der Waals surface area contributed by atoms with E-state index in [1.165, 1.54) is 0 Å². The Balaban J connectivity index is 2.44. The van der Waals surface area contributed by atoms with E-state index in [-0.39, 0.29) is 52.0 Å². The smallest absolute Gasteiger partial charge is 0.332 e. The Morgan fingerprint density at radius 3 is 1.41 bits per heavy atom. The summed E-state index contributed by atoms with van der Waals surface area (Å²) in [6, 6.07) is 17.3. The number of rotatable bonds is 19. The lowest BCUT2D eigenvalue weighted by Crippen LogP contribution is -2.43. The van der Waals surface area contributed by atoms with Crippen LogP contribution in [-0.4, -0.2) is 57.7 Å². The molecule has 0 bridgehead atoms. The monoisotopic (exact) mass is 556 g/mol. The second-order valence-corrected chi connectivity index (χ2v) is 12.1. The van der Waals surface area contributed by atoms with Gasteiger partial charge in [-0.2, -0.15) is 0 Å². The van der Waals surface area contributed by atoms with E-state index in [0.717, 1.165) is 0 Å². The fraction of sp³-hybridized carbons (Fsp3) is 0.500. The molecule has 0 amide bonds. The van der Waals surface area contributed by atoms with Gasteiger partial charge in [0.2, 0.25) is 5.78 Å². The normalized spacial score (nSPS) is 12.5. The molecule has 9 nitrogen and oxygen atoms in total. The van der Waals surface area contributed by atoms with Crippen molar-refractivity contribution in [2.45, 2.75) is 33.5 Å². The average molecular weight is 557 g/mol. The zero-order valence-electron chi connectivity index (χ0n) is 22.0. The van der Waals surface area contributed by atoms with Crippen LogP contribution >= 0.6 is 15.2 Å². The summed E-state index contributed by atoms with van der Waals surface area (Å²) in [5.74, 6) is -2.39. The molecule has 0 aliphatic rings. The van der Waals surface area contributed by atoms with E-state index >= 15 is 0 Å². The van der Waals surface area contributed by atoms with E-state index in [1.54, 1.807) is 88.4 Å². The van der Waals surface area contributed by atoms with Gasteiger partial charge in [0, 0.05) is 11.1 Å². The molecule has 0 unspecified atom stereocenters. The lowest BCUT2D eigenvalue weighted by atomic mass is 9.95. The molecule has 0 aromatic heterocycles. The number of ether oxygens (including phenoxy) is 2. The first-order valence-corrected chi connectivity index (χ1v) is 15.9. The second kappa shape index (κ2) is 15.7. The number of Topliss-reactive ketones (excluding diaryl/α,β-unsaturated/α-hetero) is 1. The Hall–Kier alpha value is -1.67. The highest BCUT2D eigenvalue weighted by Gasteiger charge is 2.44. The van der Waals surface area contributed by atoms with Crippen LogP contribution in [0.1, 0.15) is 43.6 Å². The molecule has 0 aliphatic carbocycles. The van der Waals surface area contributed by atoms with Crippen molar-refractivity contribution in [3.05, 3.63) is 71.8 Å². The molecule has 206 valence electrons. The highest BCUT2D eigenvalue weighted by atomic mass is 31.2. The first-order chi connectivity index (χ1) is 17.8. The molecule has 0 heterocycles. The fourth-order valence-electron chi connectivity index (χ4n) is 3.63. The van der Waals surface area contributed by atoms with Gasteiger partial charge in [-0.3, -0.25) is 13.9 Å². The molecule has 11 heteroatoms. The van der Waals surface area contributed by atoms with Crippen LogP contribution in [0.2, 0.25) is 0 Å². The Morgan fingerprint density at radius 2 is 1.03 bits per heavy atom. The highest BCUT2D eigenvalue weighted by molar-refractivity contribution is 7.54. The van der Waals surface area contributed by atoms with Gasteiger partial charge in [0.05, 0.1) is 52.0 Å². The Morgan fingerprint density at radius 1 is 0.649 bits per heavy atom. The summed E-state index contributed by atoms with van der Waals surface area (Å²) in [7, 11) is -6.89. The Kier molecular flexibility index (Phi) is 13.4.